The summed E-state index contributed by atoms with van der Waals surface area (Å²) >= 11 is 1.53. The van der Waals surface area contributed by atoms with Gasteiger partial charge in [-0.25, -0.2) is 0 Å². The monoisotopic (exact) mass is 372 g/mol. The fourth-order valence-electron chi connectivity index (χ4n) is 2.20. The average Bonchev–Trinajstić information content (AvgIpc) is 3.18. The van der Waals surface area contributed by atoms with Crippen molar-refractivity contribution in [2.45, 2.75) is 32.6 Å². The number of carbonyl (C=O) groups is 2. The van der Waals surface area contributed by atoms with Gasteiger partial charge in [0.05, 0.1) is 6.61 Å². The maximum atomic E-state index is 12.0. The Balaban J connectivity index is 1.72. The van der Waals surface area contributed by atoms with Crippen LogP contribution in [-0.4, -0.2) is 18.4 Å². The first-order valence-electron chi connectivity index (χ1n) is 8.74. The number of hydrazine groups is 1. The lowest BCUT2D eigenvalue weighted by atomic mass is 10.2. The smallest absolute Gasteiger partial charge is 0.269 e. The standard InChI is InChI=1S/C20H24N2O3S/c1-2-3-4-5-14-25-17-10-8-16(9-11-17)20(24)22-21-19(23)13-12-18-7-6-15-26-18/h6-13,15H,2-5,14H2,1H3,(H,21,23)(H,22,24)/b13-12+. The molecule has 1 aromatic carbocycles. The second-order valence-corrected chi connectivity index (χ2v) is 6.70. The minimum absolute atomic E-state index is 0.377. The minimum Gasteiger partial charge on any atom is -0.494 e. The molecule has 138 valence electrons. The van der Waals surface area contributed by atoms with Crippen LogP contribution in [0.4, 0.5) is 0 Å². The van der Waals surface area contributed by atoms with Crippen molar-refractivity contribution in [1.29, 1.82) is 0 Å². The van der Waals surface area contributed by atoms with E-state index >= 15 is 0 Å². The Morgan fingerprint density at radius 1 is 1.08 bits per heavy atom. The Labute approximate surface area is 158 Å². The van der Waals surface area contributed by atoms with Gasteiger partial charge in [-0.05, 0) is 48.2 Å². The molecule has 0 bridgehead atoms. The van der Waals surface area contributed by atoms with Crippen LogP contribution in [0.3, 0.4) is 0 Å². The number of carbonyl (C=O) groups excluding carboxylic acids is 2. The topological polar surface area (TPSA) is 67.4 Å². The summed E-state index contributed by atoms with van der Waals surface area (Å²) in [6.45, 7) is 2.85. The van der Waals surface area contributed by atoms with Crippen LogP contribution in [0.2, 0.25) is 0 Å². The maximum Gasteiger partial charge on any atom is 0.269 e. The molecular formula is C20H24N2O3S. The number of nitrogens with one attached hydrogen (secondary N) is 2. The van der Waals surface area contributed by atoms with E-state index in [9.17, 15) is 9.59 Å². The number of hydrogen-bond acceptors (Lipinski definition) is 4. The third-order valence-corrected chi connectivity index (χ3v) is 4.46. The van der Waals surface area contributed by atoms with Gasteiger partial charge in [0, 0.05) is 16.5 Å². The quantitative estimate of drug-likeness (QED) is 0.394. The van der Waals surface area contributed by atoms with Gasteiger partial charge >= 0.3 is 0 Å². The number of thiophene rings is 1. The van der Waals surface area contributed by atoms with Crippen LogP contribution in [0.1, 0.15) is 47.8 Å². The first-order chi connectivity index (χ1) is 12.7. The molecule has 0 aliphatic heterocycles. The van der Waals surface area contributed by atoms with Gasteiger partial charge in [-0.3, -0.25) is 20.4 Å². The molecule has 1 aromatic heterocycles. The van der Waals surface area contributed by atoms with E-state index in [1.165, 1.54) is 30.3 Å². The van der Waals surface area contributed by atoms with Crippen LogP contribution in [0.25, 0.3) is 6.08 Å². The van der Waals surface area contributed by atoms with Crippen molar-refractivity contribution in [2.24, 2.45) is 0 Å². The highest BCUT2D eigenvalue weighted by Crippen LogP contribution is 2.13. The molecule has 6 heteroatoms. The highest BCUT2D eigenvalue weighted by molar-refractivity contribution is 7.10. The van der Waals surface area contributed by atoms with E-state index in [0.717, 1.165) is 23.5 Å². The molecule has 0 radical (unpaired) electrons. The Morgan fingerprint density at radius 3 is 2.58 bits per heavy atom. The molecule has 0 aliphatic carbocycles. The van der Waals surface area contributed by atoms with E-state index in [1.807, 2.05) is 17.5 Å². The first kappa shape index (κ1) is 19.7. The summed E-state index contributed by atoms with van der Waals surface area (Å²) in [5, 5.41) is 1.93. The lowest BCUT2D eigenvalue weighted by Crippen LogP contribution is -2.40. The van der Waals surface area contributed by atoms with Gasteiger partial charge in [-0.2, -0.15) is 0 Å². The summed E-state index contributed by atoms with van der Waals surface area (Å²) in [6.07, 6.45) is 7.68. The highest BCUT2D eigenvalue weighted by Gasteiger charge is 2.06. The summed E-state index contributed by atoms with van der Waals surface area (Å²) in [5.74, 6) is -0.0304. The van der Waals surface area contributed by atoms with E-state index in [1.54, 1.807) is 30.3 Å². The second-order valence-electron chi connectivity index (χ2n) is 5.73. The second kappa shape index (κ2) is 11.1. The molecule has 1 heterocycles. The van der Waals surface area contributed by atoms with Crippen molar-refractivity contribution in [1.82, 2.24) is 10.9 Å². The van der Waals surface area contributed by atoms with Gasteiger partial charge in [0.15, 0.2) is 0 Å². The summed E-state index contributed by atoms with van der Waals surface area (Å²) in [6, 6.07) is 10.7. The Kier molecular flexibility index (Phi) is 8.42. The van der Waals surface area contributed by atoms with Gasteiger partial charge in [-0.15, -0.1) is 11.3 Å². The zero-order valence-corrected chi connectivity index (χ0v) is 15.7. The number of benzene rings is 1. The molecule has 0 unspecified atom stereocenters. The van der Waals surface area contributed by atoms with E-state index < -0.39 is 5.91 Å². The van der Waals surface area contributed by atoms with Crippen LogP contribution in [0.15, 0.2) is 47.9 Å². The minimum atomic E-state index is -0.390. The van der Waals surface area contributed by atoms with E-state index in [4.69, 9.17) is 4.74 Å². The van der Waals surface area contributed by atoms with Gasteiger partial charge in [0.25, 0.3) is 11.8 Å². The van der Waals surface area contributed by atoms with Crippen LogP contribution in [0.5, 0.6) is 5.75 Å². The fraction of sp³-hybridized carbons (Fsp3) is 0.300. The zero-order valence-electron chi connectivity index (χ0n) is 14.9. The fourth-order valence-corrected chi connectivity index (χ4v) is 2.82. The summed E-state index contributed by atoms with van der Waals surface area (Å²) in [5.41, 5.74) is 5.20. The van der Waals surface area contributed by atoms with E-state index in [2.05, 4.69) is 17.8 Å². The number of ether oxygens (including phenoxy) is 1. The largest absolute Gasteiger partial charge is 0.494 e. The number of hydrogen-bond donors (Lipinski definition) is 2. The van der Waals surface area contributed by atoms with Crippen LogP contribution in [0, 0.1) is 0 Å². The molecule has 26 heavy (non-hydrogen) atoms. The predicted octanol–water partition coefficient (Wildman–Crippen LogP) is 4.18. The Hall–Kier alpha value is -2.60. The van der Waals surface area contributed by atoms with Crippen LogP contribution >= 0.6 is 11.3 Å². The van der Waals surface area contributed by atoms with Crippen molar-refractivity contribution in [3.8, 4) is 5.75 Å². The maximum absolute atomic E-state index is 12.0. The molecule has 5 nitrogen and oxygen atoms in total. The van der Waals surface area contributed by atoms with Crippen molar-refractivity contribution < 1.29 is 14.3 Å². The number of unbranched alkanes of at least 4 members (excludes halogenated alkanes) is 3. The average molecular weight is 372 g/mol. The zero-order chi connectivity index (χ0) is 18.6. The van der Waals surface area contributed by atoms with Crippen molar-refractivity contribution in [2.75, 3.05) is 6.61 Å². The SMILES string of the molecule is CCCCCCOc1ccc(C(=O)NNC(=O)/C=C/c2cccs2)cc1. The molecule has 0 saturated carbocycles. The lowest BCUT2D eigenvalue weighted by molar-refractivity contribution is -0.117. The van der Waals surface area contributed by atoms with E-state index in [-0.39, 0.29) is 5.91 Å². The molecule has 2 amide bonds. The van der Waals surface area contributed by atoms with Crippen molar-refractivity contribution in [3.05, 3.63) is 58.3 Å². The van der Waals surface area contributed by atoms with Gasteiger partial charge in [0.2, 0.25) is 0 Å². The van der Waals surface area contributed by atoms with Crippen molar-refractivity contribution >= 4 is 29.2 Å². The molecule has 2 rings (SSSR count). The van der Waals surface area contributed by atoms with Crippen molar-refractivity contribution in [3.63, 3.8) is 0 Å². The molecule has 2 N–H and O–H groups in total. The Morgan fingerprint density at radius 2 is 1.88 bits per heavy atom. The van der Waals surface area contributed by atoms with Gasteiger partial charge in [0.1, 0.15) is 5.75 Å². The number of rotatable bonds is 9. The molecule has 0 atom stereocenters. The Bertz CT molecular complexity index is 709. The highest BCUT2D eigenvalue weighted by atomic mass is 32.1. The van der Waals surface area contributed by atoms with Crippen LogP contribution < -0.4 is 15.6 Å². The molecular weight excluding hydrogens is 348 g/mol. The third kappa shape index (κ3) is 7.11. The van der Waals surface area contributed by atoms with Gasteiger partial charge in [-0.1, -0.05) is 32.3 Å². The summed E-state index contributed by atoms with van der Waals surface area (Å²) < 4.78 is 5.64. The normalized spacial score (nSPS) is 10.7. The van der Waals surface area contributed by atoms with Gasteiger partial charge < -0.3 is 4.74 Å². The lowest BCUT2D eigenvalue weighted by Gasteiger charge is -2.08. The molecule has 0 spiro atoms. The predicted molar refractivity (Wildman–Crippen MR) is 105 cm³/mol. The molecule has 0 saturated heterocycles. The molecule has 0 fully saturated rings. The van der Waals surface area contributed by atoms with E-state index in [0.29, 0.717) is 12.2 Å². The summed E-state index contributed by atoms with van der Waals surface area (Å²) in [7, 11) is 0. The van der Waals surface area contributed by atoms with Crippen LogP contribution in [-0.2, 0) is 4.79 Å². The molecule has 2 aromatic rings. The molecule has 0 aliphatic rings. The first-order valence-corrected chi connectivity index (χ1v) is 9.62. The summed E-state index contributed by atoms with van der Waals surface area (Å²) in [4.78, 5) is 24.7. The number of amides is 2. The third-order valence-electron chi connectivity index (χ3n) is 3.62.